The third-order valence-corrected chi connectivity index (χ3v) is 15.1. The highest BCUT2D eigenvalue weighted by atomic mass is 32.1. The van der Waals surface area contributed by atoms with Gasteiger partial charge < -0.3 is 97.2 Å². The summed E-state index contributed by atoms with van der Waals surface area (Å²) in [6.07, 6.45) is 3.23. The molecule has 2 aliphatic rings. The van der Waals surface area contributed by atoms with Gasteiger partial charge in [-0.25, -0.2) is 0 Å². The summed E-state index contributed by atoms with van der Waals surface area (Å²) in [6, 6.07) is 4.91. The molecule has 3 aromatic rings. The number of thiol groups is 1. The molecule has 1 aromatic heterocycles. The van der Waals surface area contributed by atoms with Crippen molar-refractivity contribution in [2.24, 2.45) is 55.1 Å². The number of likely N-dealkylation sites (tertiary alicyclic amines) is 2. The van der Waals surface area contributed by atoms with E-state index in [1.54, 1.807) is 42.6 Å². The van der Waals surface area contributed by atoms with Gasteiger partial charge >= 0.3 is 5.97 Å². The van der Waals surface area contributed by atoms with Crippen LogP contribution in [0.3, 0.4) is 0 Å². The number of aliphatic carboxylic acids is 1. The van der Waals surface area contributed by atoms with E-state index in [2.05, 4.69) is 69.8 Å². The number of benzene rings is 2. The number of aromatic amines is 1. The molecule has 480 valence electrons. The van der Waals surface area contributed by atoms with Crippen molar-refractivity contribution in [1.82, 2.24) is 52.0 Å². The van der Waals surface area contributed by atoms with Crippen LogP contribution in [0.1, 0.15) is 82.3 Å². The molecule has 9 amide bonds. The number of amides is 9. The van der Waals surface area contributed by atoms with Gasteiger partial charge in [-0.05, 0) is 88.3 Å². The van der Waals surface area contributed by atoms with Crippen molar-refractivity contribution in [1.29, 1.82) is 0 Å². The molecule has 5 rings (SSSR count). The van der Waals surface area contributed by atoms with Gasteiger partial charge in [-0.1, -0.05) is 48.5 Å². The molecule has 31 nitrogen and oxygen atoms in total. The quantitative estimate of drug-likeness (QED) is 0.0116. The fraction of sp³-hybridized carbons (Fsp3) is 0.518. The largest absolute Gasteiger partial charge is 0.480 e. The van der Waals surface area contributed by atoms with Crippen LogP contribution in [-0.4, -0.2) is 196 Å². The zero-order chi connectivity index (χ0) is 64.5. The van der Waals surface area contributed by atoms with Gasteiger partial charge in [0.15, 0.2) is 17.9 Å². The Morgan fingerprint density at radius 1 is 0.591 bits per heavy atom. The molecular weight excluding hydrogens is 1160 g/mol. The average Bonchev–Trinajstić information content (AvgIpc) is 3.24. The first-order chi connectivity index (χ1) is 42.0. The van der Waals surface area contributed by atoms with Crippen LogP contribution in [0.2, 0.25) is 0 Å². The lowest BCUT2D eigenvalue weighted by Crippen LogP contribution is -2.60. The number of hydrogen-bond acceptors (Lipinski definition) is 15. The number of aromatic nitrogens is 1. The summed E-state index contributed by atoms with van der Waals surface area (Å²) in [5.41, 5.74) is 41.2. The first-order valence-electron chi connectivity index (χ1n) is 29.0. The first kappa shape index (κ1) is 69.6. The maximum Gasteiger partial charge on any atom is 0.322 e. The lowest BCUT2D eigenvalue weighted by atomic mass is 10.0. The number of aliphatic imine (C=N–C) groups is 3. The molecule has 0 unspecified atom stereocenters. The molecule has 0 radical (unpaired) electrons. The molecule has 32 heteroatoms. The fourth-order valence-electron chi connectivity index (χ4n) is 10.2. The number of para-hydroxylation sites is 1. The van der Waals surface area contributed by atoms with E-state index in [0.717, 1.165) is 10.9 Å². The second-order valence-electron chi connectivity index (χ2n) is 21.4. The fourth-order valence-corrected chi connectivity index (χ4v) is 10.4. The Balaban J connectivity index is 1.39. The lowest BCUT2D eigenvalue weighted by molar-refractivity contribution is -0.143. The van der Waals surface area contributed by atoms with Crippen LogP contribution in [0.15, 0.2) is 75.8 Å². The van der Waals surface area contributed by atoms with E-state index in [1.807, 2.05) is 18.2 Å². The number of carboxylic acids is 1. The highest BCUT2D eigenvalue weighted by Crippen LogP contribution is 2.23. The Morgan fingerprint density at radius 2 is 1.06 bits per heavy atom. The number of rotatable bonds is 34. The molecule has 2 fully saturated rings. The van der Waals surface area contributed by atoms with E-state index in [9.17, 15) is 47.9 Å². The van der Waals surface area contributed by atoms with Crippen molar-refractivity contribution in [2.75, 3.05) is 45.0 Å². The second kappa shape index (κ2) is 34.8. The van der Waals surface area contributed by atoms with Gasteiger partial charge in [0, 0.05) is 68.4 Å². The van der Waals surface area contributed by atoms with Gasteiger partial charge in [-0.2, -0.15) is 12.6 Å². The van der Waals surface area contributed by atoms with Gasteiger partial charge in [0.1, 0.15) is 54.9 Å². The van der Waals surface area contributed by atoms with E-state index in [4.69, 9.17) is 45.2 Å². The zero-order valence-electron chi connectivity index (χ0n) is 49.2. The molecule has 0 aliphatic carbocycles. The van der Waals surface area contributed by atoms with E-state index < -0.39 is 120 Å². The minimum absolute atomic E-state index is 0.0164. The van der Waals surface area contributed by atoms with Crippen molar-refractivity contribution in [3.63, 3.8) is 0 Å². The lowest BCUT2D eigenvalue weighted by Gasteiger charge is -2.31. The molecular formula is C56H84N20O11S. The summed E-state index contributed by atoms with van der Waals surface area (Å²) in [6.45, 7) is 1.19. The number of hydrogen-bond donors (Lipinski definition) is 17. The number of carbonyl (C=O) groups is 10. The topological polar surface area (TPSA) is 517 Å². The number of H-pyrrole nitrogens is 1. The Hall–Kier alpha value is -9.20. The molecule has 88 heavy (non-hydrogen) atoms. The van der Waals surface area contributed by atoms with Crippen LogP contribution in [0.25, 0.3) is 10.9 Å². The van der Waals surface area contributed by atoms with Crippen LogP contribution in [0.4, 0.5) is 0 Å². The van der Waals surface area contributed by atoms with Gasteiger partial charge in [0.2, 0.25) is 53.2 Å². The van der Waals surface area contributed by atoms with Crippen LogP contribution in [0.5, 0.6) is 0 Å². The smallest absolute Gasteiger partial charge is 0.322 e. The second-order valence-corrected chi connectivity index (χ2v) is 21.8. The minimum atomic E-state index is -1.40. The summed E-state index contributed by atoms with van der Waals surface area (Å²) in [4.78, 5) is 156. The Labute approximate surface area is 514 Å². The number of guanidine groups is 3. The van der Waals surface area contributed by atoms with E-state index in [0.29, 0.717) is 24.0 Å². The Morgan fingerprint density at radius 3 is 1.60 bits per heavy atom. The molecule has 2 aliphatic heterocycles. The summed E-state index contributed by atoms with van der Waals surface area (Å²) >= 11 is 4.12. The van der Waals surface area contributed by atoms with Crippen molar-refractivity contribution in [2.45, 2.75) is 138 Å². The van der Waals surface area contributed by atoms with Crippen molar-refractivity contribution in [3.05, 3.63) is 71.9 Å². The maximum atomic E-state index is 15.0. The Bertz CT molecular complexity index is 3010. The minimum Gasteiger partial charge on any atom is -0.480 e. The van der Waals surface area contributed by atoms with E-state index in [1.165, 1.54) is 16.7 Å². The molecule has 0 spiro atoms. The number of nitrogens with zero attached hydrogens (tertiary/aromatic N) is 5. The molecule has 2 saturated heterocycles. The van der Waals surface area contributed by atoms with Crippen molar-refractivity contribution in [3.8, 4) is 0 Å². The number of fused-ring (bicyclic) bond motifs is 1. The highest BCUT2D eigenvalue weighted by Gasteiger charge is 2.41. The van der Waals surface area contributed by atoms with Gasteiger partial charge in [-0.15, -0.1) is 0 Å². The van der Waals surface area contributed by atoms with Crippen LogP contribution in [0, 0.1) is 0 Å². The normalized spacial score (nSPS) is 16.9. The number of nitrogens with one attached hydrogen (secondary N) is 8. The molecule has 3 heterocycles. The number of nitrogens with two attached hydrogens (primary N) is 7. The molecule has 0 saturated carbocycles. The van der Waals surface area contributed by atoms with Crippen molar-refractivity contribution < 1.29 is 53.1 Å². The molecule has 0 bridgehead atoms. The summed E-state index contributed by atoms with van der Waals surface area (Å²) in [5.74, 6) is -8.43. The SMILES string of the molecule is C[C@H](NC(=O)[C@@H]1CCCN1C(=O)[C@H](Cc1ccccc1)NC(=O)[C@H](CCCN=C(N)N)NC(=O)[C@H](Cc1c[nH]c2ccccc12)NC(=O)[C@H](CCCN=C(N)N)NC(=O)[C@@H](N)CS)C(=O)N[C@@H](CCCN=C(N)N)C(=O)N1CCC[C@H]1C(=O)NCC(=O)O. The van der Waals surface area contributed by atoms with E-state index in [-0.39, 0.29) is 121 Å². The van der Waals surface area contributed by atoms with Gasteiger partial charge in [-0.3, -0.25) is 62.9 Å². The van der Waals surface area contributed by atoms with Crippen LogP contribution >= 0.6 is 12.6 Å². The van der Waals surface area contributed by atoms with Gasteiger partial charge in [0.05, 0.1) is 6.04 Å². The average molecular weight is 1250 g/mol. The summed E-state index contributed by atoms with van der Waals surface area (Å²) < 4.78 is 0. The standard InChI is InChI=1S/C56H84N20O11S/c1-31(45(79)72-39(18-9-23-66-56(62)63)52(86)75-24-10-19-42(75)50(84)68-29-44(77)78)69-51(85)43-20-11-25-76(43)53(87)41(26-32-12-3-2-4-13-32)74-48(82)38(17-8-22-65-55(60)61)71-49(83)40(27-33-28-67-36-15-6-5-14-34(33)36)73-47(81)37(16-7-21-64-54(58)59)70-46(80)35(57)30-88/h2-6,12-15,28,31,35,37-43,67,88H,7-11,16-27,29-30,57H2,1H3,(H,68,84)(H,69,85)(H,70,80)(H,71,83)(H,72,79)(H,73,81)(H,74,82)(H,77,78)(H4,58,59,64)(H4,60,61,65)(H4,62,63,66)/t31-,35-,37-,38-,39-,40-,41-,42-,43-/m0/s1. The predicted octanol–water partition coefficient (Wildman–Crippen LogP) is -4.52. The monoisotopic (exact) mass is 1240 g/mol. The summed E-state index contributed by atoms with van der Waals surface area (Å²) in [7, 11) is 0. The van der Waals surface area contributed by atoms with Crippen molar-refractivity contribution >= 4 is 101 Å². The maximum absolute atomic E-state index is 15.0. The van der Waals surface area contributed by atoms with Gasteiger partial charge in [0.25, 0.3) is 0 Å². The third-order valence-electron chi connectivity index (χ3n) is 14.7. The third kappa shape index (κ3) is 21.6. The summed E-state index contributed by atoms with van der Waals surface area (Å²) in [5, 5.41) is 28.6. The van der Waals surface area contributed by atoms with Crippen LogP contribution in [-0.2, 0) is 60.8 Å². The first-order valence-corrected chi connectivity index (χ1v) is 29.6. The Kier molecular flexibility index (Phi) is 27.5. The number of carbonyl (C=O) groups excluding carboxylic acids is 9. The predicted molar refractivity (Wildman–Crippen MR) is 331 cm³/mol. The van der Waals surface area contributed by atoms with E-state index >= 15 is 0 Å². The number of carboxylic acid groups (broad SMARTS) is 1. The molecule has 23 N–H and O–H groups in total. The molecule has 9 atom stereocenters. The van der Waals surface area contributed by atoms with Crippen LogP contribution < -0.4 is 77.4 Å². The highest BCUT2D eigenvalue weighted by molar-refractivity contribution is 7.80. The zero-order valence-corrected chi connectivity index (χ0v) is 50.1. The molecule has 2 aromatic carbocycles.